The van der Waals surface area contributed by atoms with Crippen molar-refractivity contribution in [2.45, 2.75) is 13.8 Å². The van der Waals surface area contributed by atoms with Gasteiger partial charge in [-0.15, -0.1) is 0 Å². The minimum absolute atomic E-state index is 0. The van der Waals surface area contributed by atoms with Gasteiger partial charge in [0.1, 0.15) is 0 Å². The molecule has 0 bridgehead atoms. The van der Waals surface area contributed by atoms with Gasteiger partial charge in [-0.25, -0.2) is 8.42 Å². The highest BCUT2D eigenvalue weighted by molar-refractivity contribution is 7.88. The zero-order valence-electron chi connectivity index (χ0n) is 16.3. The largest absolute Gasteiger partial charge is 0.378 e. The number of nitrogens with one attached hydrogen (secondary N) is 1. The molecule has 0 amide bonds. The molecule has 1 heterocycles. The molecular formula is C16H39N3O5S. The molecule has 0 atom stereocenters. The van der Waals surface area contributed by atoms with E-state index in [2.05, 4.69) is 10.2 Å². The lowest BCUT2D eigenvalue weighted by molar-refractivity contribution is 0.00991. The number of sulfonamides is 1. The molecule has 0 unspecified atom stereocenters. The Labute approximate surface area is 155 Å². The van der Waals surface area contributed by atoms with E-state index < -0.39 is 10.0 Å². The van der Waals surface area contributed by atoms with Crippen molar-refractivity contribution >= 4 is 10.0 Å². The highest BCUT2D eigenvalue weighted by atomic mass is 32.2. The van der Waals surface area contributed by atoms with Crippen LogP contribution in [0.1, 0.15) is 15.3 Å². The van der Waals surface area contributed by atoms with Crippen molar-refractivity contribution in [3.8, 4) is 0 Å². The molecule has 8 nitrogen and oxygen atoms in total. The van der Waals surface area contributed by atoms with Crippen LogP contribution in [0, 0.1) is 0 Å². The maximum absolute atomic E-state index is 11.4. The minimum atomic E-state index is -3.05. The number of ether oxygens (including phenoxy) is 3. The van der Waals surface area contributed by atoms with E-state index in [1.807, 2.05) is 20.9 Å². The standard InChI is InChI=1S/C14H31N3O5S.C2H6.H2/c1-15-3-9-20-11-13-22-14-12-21-10-8-16-4-6-17(7-5-16)23(2,18)19;1-2;/h15H,3-14H2,1-2H3;1-2H3;1H. The van der Waals surface area contributed by atoms with Crippen molar-refractivity contribution in [1.29, 1.82) is 0 Å². The number of hydrogen-bond donors (Lipinski definition) is 1. The van der Waals surface area contributed by atoms with Gasteiger partial charge in [0.25, 0.3) is 0 Å². The maximum atomic E-state index is 11.4. The van der Waals surface area contributed by atoms with E-state index in [9.17, 15) is 8.42 Å². The molecule has 0 aromatic carbocycles. The first-order valence-corrected chi connectivity index (χ1v) is 10.9. The Bertz CT molecular complexity index is 393. The fourth-order valence-electron chi connectivity index (χ4n) is 2.19. The summed E-state index contributed by atoms with van der Waals surface area (Å²) in [5, 5.41) is 3.01. The van der Waals surface area contributed by atoms with Gasteiger partial charge >= 0.3 is 0 Å². The van der Waals surface area contributed by atoms with Crippen molar-refractivity contribution in [2.75, 3.05) is 92.2 Å². The third-order valence-corrected chi connectivity index (χ3v) is 4.90. The van der Waals surface area contributed by atoms with Crippen LogP contribution in [0.25, 0.3) is 0 Å². The number of nitrogens with zero attached hydrogens (tertiary/aromatic N) is 2. The van der Waals surface area contributed by atoms with Crippen molar-refractivity contribution in [2.24, 2.45) is 0 Å². The SMILES string of the molecule is CC.CNCCOCCOCCOCCN1CCN(S(C)(=O)=O)CC1.[HH]. The first-order valence-electron chi connectivity index (χ1n) is 9.09. The van der Waals surface area contributed by atoms with E-state index in [-0.39, 0.29) is 1.43 Å². The Morgan fingerprint density at radius 3 is 1.84 bits per heavy atom. The summed E-state index contributed by atoms with van der Waals surface area (Å²) in [6.07, 6.45) is 1.26. The Morgan fingerprint density at radius 2 is 1.36 bits per heavy atom. The molecule has 9 heteroatoms. The molecular weight excluding hydrogens is 346 g/mol. The average molecular weight is 386 g/mol. The van der Waals surface area contributed by atoms with Crippen LogP contribution in [0.15, 0.2) is 0 Å². The fraction of sp³-hybridized carbons (Fsp3) is 1.00. The normalized spacial score (nSPS) is 16.5. The molecule has 0 saturated carbocycles. The van der Waals surface area contributed by atoms with E-state index >= 15 is 0 Å². The lowest BCUT2D eigenvalue weighted by Gasteiger charge is -2.33. The molecule has 1 saturated heterocycles. The van der Waals surface area contributed by atoms with Crippen LogP contribution in [0.3, 0.4) is 0 Å². The summed E-state index contributed by atoms with van der Waals surface area (Å²) in [5.74, 6) is 0. The second-order valence-electron chi connectivity index (χ2n) is 5.44. The van der Waals surface area contributed by atoms with Crippen LogP contribution in [0.5, 0.6) is 0 Å². The third kappa shape index (κ3) is 13.6. The second-order valence-corrected chi connectivity index (χ2v) is 7.43. The van der Waals surface area contributed by atoms with Crippen molar-refractivity contribution < 1.29 is 24.1 Å². The van der Waals surface area contributed by atoms with Crippen molar-refractivity contribution in [3.63, 3.8) is 0 Å². The van der Waals surface area contributed by atoms with Gasteiger partial charge in [-0.2, -0.15) is 4.31 Å². The van der Waals surface area contributed by atoms with Gasteiger partial charge in [-0.1, -0.05) is 13.8 Å². The molecule has 1 aliphatic rings. The second kappa shape index (κ2) is 15.9. The Hall–Kier alpha value is -0.290. The van der Waals surface area contributed by atoms with Gasteiger partial charge in [0.05, 0.1) is 45.9 Å². The monoisotopic (exact) mass is 385 g/mol. The van der Waals surface area contributed by atoms with Crippen LogP contribution in [-0.2, 0) is 24.2 Å². The van der Waals surface area contributed by atoms with E-state index in [0.717, 1.165) is 26.2 Å². The van der Waals surface area contributed by atoms with Gasteiger partial charge in [0, 0.05) is 40.7 Å². The van der Waals surface area contributed by atoms with Gasteiger partial charge < -0.3 is 19.5 Å². The number of hydrogen-bond acceptors (Lipinski definition) is 7. The molecule has 1 N–H and O–H groups in total. The lowest BCUT2D eigenvalue weighted by Crippen LogP contribution is -2.49. The average Bonchev–Trinajstić information content (AvgIpc) is 2.61. The number of piperazine rings is 1. The summed E-state index contributed by atoms with van der Waals surface area (Å²) in [5.41, 5.74) is 0. The predicted molar refractivity (Wildman–Crippen MR) is 103 cm³/mol. The highest BCUT2D eigenvalue weighted by Gasteiger charge is 2.22. The minimum Gasteiger partial charge on any atom is -0.378 e. The Morgan fingerprint density at radius 1 is 0.880 bits per heavy atom. The van der Waals surface area contributed by atoms with E-state index in [4.69, 9.17) is 14.2 Å². The summed E-state index contributed by atoms with van der Waals surface area (Å²) in [6, 6.07) is 0. The summed E-state index contributed by atoms with van der Waals surface area (Å²) >= 11 is 0. The van der Waals surface area contributed by atoms with Gasteiger partial charge in [-0.3, -0.25) is 4.90 Å². The maximum Gasteiger partial charge on any atom is 0.211 e. The molecule has 0 aromatic heterocycles. The van der Waals surface area contributed by atoms with Crippen LogP contribution in [0.4, 0.5) is 0 Å². The fourth-order valence-corrected chi connectivity index (χ4v) is 3.02. The molecule has 1 aliphatic heterocycles. The first-order chi connectivity index (χ1) is 12.0. The molecule has 0 spiro atoms. The lowest BCUT2D eigenvalue weighted by atomic mass is 10.3. The Balaban J connectivity index is 0. The highest BCUT2D eigenvalue weighted by Crippen LogP contribution is 2.05. The molecule has 1 rings (SSSR count). The van der Waals surface area contributed by atoms with E-state index in [0.29, 0.717) is 52.7 Å². The zero-order chi connectivity index (χ0) is 19.0. The van der Waals surface area contributed by atoms with Crippen LogP contribution in [0.2, 0.25) is 0 Å². The zero-order valence-corrected chi connectivity index (χ0v) is 17.1. The molecule has 25 heavy (non-hydrogen) atoms. The summed E-state index contributed by atoms with van der Waals surface area (Å²) in [4.78, 5) is 2.22. The molecule has 154 valence electrons. The Kier molecular flexibility index (Phi) is 15.7. The predicted octanol–water partition coefficient (Wildman–Crippen LogP) is 0.105. The van der Waals surface area contributed by atoms with Crippen molar-refractivity contribution in [1.82, 2.24) is 14.5 Å². The van der Waals surface area contributed by atoms with Gasteiger partial charge in [0.2, 0.25) is 10.0 Å². The summed E-state index contributed by atoms with van der Waals surface area (Å²) in [7, 11) is -1.16. The molecule has 1 fully saturated rings. The molecule has 0 aromatic rings. The van der Waals surface area contributed by atoms with Crippen LogP contribution in [-0.4, -0.2) is 110 Å². The van der Waals surface area contributed by atoms with Gasteiger partial charge in [-0.05, 0) is 7.05 Å². The molecule has 0 aliphatic carbocycles. The summed E-state index contributed by atoms with van der Waals surface area (Å²) in [6.45, 7) is 12.0. The van der Waals surface area contributed by atoms with Gasteiger partial charge in [0.15, 0.2) is 0 Å². The summed E-state index contributed by atoms with van der Waals surface area (Å²) < 4.78 is 40.6. The number of rotatable bonds is 13. The van der Waals surface area contributed by atoms with E-state index in [1.54, 1.807) is 0 Å². The smallest absolute Gasteiger partial charge is 0.211 e. The van der Waals surface area contributed by atoms with Crippen molar-refractivity contribution in [3.05, 3.63) is 0 Å². The van der Waals surface area contributed by atoms with Crippen LogP contribution >= 0.6 is 0 Å². The first kappa shape index (κ1) is 24.7. The van der Waals surface area contributed by atoms with Crippen LogP contribution < -0.4 is 5.32 Å². The van der Waals surface area contributed by atoms with E-state index in [1.165, 1.54) is 10.6 Å². The third-order valence-electron chi connectivity index (χ3n) is 3.59. The number of likely N-dealkylation sites (N-methyl/N-ethyl adjacent to an activating group) is 1. The topological polar surface area (TPSA) is 80.3 Å². The molecule has 0 radical (unpaired) electrons. The quantitative estimate of drug-likeness (QED) is 0.451.